The summed E-state index contributed by atoms with van der Waals surface area (Å²) in [5.41, 5.74) is 0.842. The fourth-order valence-electron chi connectivity index (χ4n) is 2.82. The highest BCUT2D eigenvalue weighted by molar-refractivity contribution is 7.89. The first-order chi connectivity index (χ1) is 11.4. The molecular formula is C16H17NO6S. The van der Waals surface area contributed by atoms with Crippen LogP contribution in [0.4, 0.5) is 0 Å². The number of esters is 1. The van der Waals surface area contributed by atoms with Gasteiger partial charge in [-0.1, -0.05) is 17.7 Å². The van der Waals surface area contributed by atoms with Crippen LogP contribution < -0.4 is 0 Å². The summed E-state index contributed by atoms with van der Waals surface area (Å²) in [7, 11) is -2.93. The monoisotopic (exact) mass is 351 g/mol. The van der Waals surface area contributed by atoms with Gasteiger partial charge in [0.25, 0.3) is 10.0 Å². The van der Waals surface area contributed by atoms with Crippen molar-refractivity contribution < 1.29 is 27.5 Å². The third-order valence-corrected chi connectivity index (χ3v) is 5.90. The molecule has 0 aromatic heterocycles. The van der Waals surface area contributed by atoms with Crippen molar-refractivity contribution in [3.8, 4) is 0 Å². The van der Waals surface area contributed by atoms with Gasteiger partial charge in [-0.2, -0.15) is 0 Å². The number of hydrogen-bond acceptors (Lipinski definition) is 6. The van der Waals surface area contributed by atoms with E-state index in [9.17, 15) is 18.0 Å². The number of rotatable bonds is 3. The highest BCUT2D eigenvalue weighted by atomic mass is 32.2. The standard InChI is InChI=1S/C16H17NO6S/c1-10-3-5-11(6-4-10)24(20,21)17-12(16(19)22-2)9-23-14-8-7-13(18)15(14)17/h3-6,12H,7-9H2,1-2H3/t12-/m1/s1. The van der Waals surface area contributed by atoms with Crippen LogP contribution in [0.5, 0.6) is 0 Å². The molecule has 0 N–H and O–H groups in total. The Bertz CT molecular complexity index is 825. The summed E-state index contributed by atoms with van der Waals surface area (Å²) in [4.78, 5) is 24.3. The third kappa shape index (κ3) is 2.56. The summed E-state index contributed by atoms with van der Waals surface area (Å²) in [5, 5.41) is 0. The van der Waals surface area contributed by atoms with Crippen molar-refractivity contribution in [2.75, 3.05) is 13.7 Å². The highest BCUT2D eigenvalue weighted by Crippen LogP contribution is 2.36. The van der Waals surface area contributed by atoms with Gasteiger partial charge in [0.1, 0.15) is 18.1 Å². The number of nitrogens with zero attached hydrogens (tertiary/aromatic N) is 1. The molecule has 0 amide bonds. The molecule has 1 aromatic carbocycles. The number of methoxy groups -OCH3 is 1. The van der Waals surface area contributed by atoms with E-state index in [4.69, 9.17) is 9.47 Å². The van der Waals surface area contributed by atoms with Gasteiger partial charge in [-0.05, 0) is 19.1 Å². The van der Waals surface area contributed by atoms with Crippen LogP contribution in [0, 0.1) is 6.92 Å². The maximum atomic E-state index is 13.1. The summed E-state index contributed by atoms with van der Waals surface area (Å²) >= 11 is 0. The number of allylic oxidation sites excluding steroid dienone is 2. The van der Waals surface area contributed by atoms with Gasteiger partial charge in [-0.15, -0.1) is 0 Å². The van der Waals surface area contributed by atoms with Gasteiger partial charge in [0.2, 0.25) is 0 Å². The largest absolute Gasteiger partial charge is 0.493 e. The molecular weight excluding hydrogens is 334 g/mol. The van der Waals surface area contributed by atoms with Crippen molar-refractivity contribution in [2.45, 2.75) is 30.7 Å². The summed E-state index contributed by atoms with van der Waals surface area (Å²) in [6.45, 7) is 1.66. The first kappa shape index (κ1) is 16.5. The van der Waals surface area contributed by atoms with Gasteiger partial charge in [0.05, 0.1) is 12.0 Å². The Morgan fingerprint density at radius 1 is 1.25 bits per heavy atom. The number of ether oxygens (including phenoxy) is 2. The van der Waals surface area contributed by atoms with Gasteiger partial charge in [-0.3, -0.25) is 4.79 Å². The molecule has 128 valence electrons. The lowest BCUT2D eigenvalue weighted by Crippen LogP contribution is -2.51. The number of hydrogen-bond donors (Lipinski definition) is 0. The second-order valence-electron chi connectivity index (χ2n) is 5.66. The van der Waals surface area contributed by atoms with E-state index in [2.05, 4.69) is 0 Å². The molecule has 0 fully saturated rings. The molecule has 7 nitrogen and oxygen atoms in total. The zero-order chi connectivity index (χ0) is 17.5. The average molecular weight is 351 g/mol. The molecule has 1 heterocycles. The lowest BCUT2D eigenvalue weighted by atomic mass is 10.2. The number of carbonyl (C=O) groups is 2. The van der Waals surface area contributed by atoms with Crippen molar-refractivity contribution in [3.63, 3.8) is 0 Å². The maximum Gasteiger partial charge on any atom is 0.333 e. The van der Waals surface area contributed by atoms with Gasteiger partial charge in [0.15, 0.2) is 11.8 Å². The SMILES string of the molecule is COC(=O)[C@H]1COC2=C(C(=O)CC2)N1S(=O)(=O)c1ccc(C)cc1. The Hall–Kier alpha value is -2.35. The van der Waals surface area contributed by atoms with E-state index in [0.29, 0.717) is 12.2 Å². The smallest absolute Gasteiger partial charge is 0.333 e. The van der Waals surface area contributed by atoms with E-state index in [0.717, 1.165) is 9.87 Å². The second-order valence-corrected chi connectivity index (χ2v) is 7.47. The number of benzene rings is 1. The molecule has 0 bridgehead atoms. The molecule has 0 radical (unpaired) electrons. The summed E-state index contributed by atoms with van der Waals surface area (Å²) in [6, 6.07) is 5.00. The van der Waals surface area contributed by atoms with Crippen LogP contribution >= 0.6 is 0 Å². The van der Waals surface area contributed by atoms with Crippen molar-refractivity contribution >= 4 is 21.8 Å². The van der Waals surface area contributed by atoms with E-state index in [1.165, 1.54) is 19.2 Å². The molecule has 0 unspecified atom stereocenters. The summed E-state index contributed by atoms with van der Waals surface area (Å²) in [5.74, 6) is -0.804. The van der Waals surface area contributed by atoms with Crippen molar-refractivity contribution in [1.82, 2.24) is 4.31 Å². The van der Waals surface area contributed by atoms with E-state index in [-0.39, 0.29) is 29.4 Å². The number of ketones is 1. The van der Waals surface area contributed by atoms with Gasteiger partial charge in [-0.25, -0.2) is 17.5 Å². The Labute approximate surface area is 139 Å². The topological polar surface area (TPSA) is 90.0 Å². The molecule has 3 rings (SSSR count). The van der Waals surface area contributed by atoms with Crippen LogP contribution in [0.25, 0.3) is 0 Å². The molecule has 8 heteroatoms. The van der Waals surface area contributed by atoms with E-state index in [1.54, 1.807) is 12.1 Å². The van der Waals surface area contributed by atoms with Crippen molar-refractivity contribution in [1.29, 1.82) is 0 Å². The molecule has 1 atom stereocenters. The minimum absolute atomic E-state index is 0.00968. The zero-order valence-electron chi connectivity index (χ0n) is 13.3. The molecule has 1 aliphatic carbocycles. The normalized spacial score (nSPS) is 20.7. The number of aryl methyl sites for hydroxylation is 1. The fraction of sp³-hybridized carbons (Fsp3) is 0.375. The molecule has 1 aliphatic heterocycles. The number of carbonyl (C=O) groups excluding carboxylic acids is 2. The van der Waals surface area contributed by atoms with Crippen LogP contribution in [-0.4, -0.2) is 44.2 Å². The lowest BCUT2D eigenvalue weighted by Gasteiger charge is -2.35. The molecule has 1 aromatic rings. The molecule has 0 spiro atoms. The van der Waals surface area contributed by atoms with Crippen molar-refractivity contribution in [2.24, 2.45) is 0 Å². The van der Waals surface area contributed by atoms with Crippen molar-refractivity contribution in [3.05, 3.63) is 41.3 Å². The first-order valence-electron chi connectivity index (χ1n) is 7.44. The minimum atomic E-state index is -4.10. The zero-order valence-corrected chi connectivity index (χ0v) is 14.1. The Morgan fingerprint density at radius 3 is 2.54 bits per heavy atom. The quantitative estimate of drug-likeness (QED) is 0.759. The average Bonchev–Trinajstić information content (AvgIpc) is 2.95. The maximum absolute atomic E-state index is 13.1. The minimum Gasteiger partial charge on any atom is -0.493 e. The Balaban J connectivity index is 2.14. The predicted molar refractivity (Wildman–Crippen MR) is 83.2 cm³/mol. The number of sulfonamides is 1. The van der Waals surface area contributed by atoms with Crippen LogP contribution in [0.15, 0.2) is 40.6 Å². The second kappa shape index (κ2) is 5.94. The summed E-state index contributed by atoms with van der Waals surface area (Å²) < 4.78 is 37.2. The van der Waals surface area contributed by atoms with Crippen LogP contribution in [0.3, 0.4) is 0 Å². The Morgan fingerprint density at radius 2 is 1.92 bits per heavy atom. The highest BCUT2D eigenvalue weighted by Gasteiger charge is 2.47. The van der Waals surface area contributed by atoms with Crippen LogP contribution in [-0.2, 0) is 29.1 Å². The molecule has 0 saturated carbocycles. The molecule has 0 saturated heterocycles. The fourth-order valence-corrected chi connectivity index (χ4v) is 4.45. The van der Waals surface area contributed by atoms with Gasteiger partial charge >= 0.3 is 5.97 Å². The number of Topliss-reactive ketones (excluding diaryl/α,β-unsaturated/α-hetero) is 1. The van der Waals surface area contributed by atoms with E-state index in [1.807, 2.05) is 6.92 Å². The first-order valence-corrected chi connectivity index (χ1v) is 8.88. The van der Waals surface area contributed by atoms with Gasteiger partial charge in [0, 0.05) is 12.8 Å². The third-order valence-electron chi connectivity index (χ3n) is 4.08. The molecule has 2 aliphatic rings. The predicted octanol–water partition coefficient (Wildman–Crippen LogP) is 1.13. The van der Waals surface area contributed by atoms with Gasteiger partial charge < -0.3 is 9.47 Å². The molecule has 24 heavy (non-hydrogen) atoms. The van der Waals surface area contributed by atoms with E-state index >= 15 is 0 Å². The summed E-state index contributed by atoms with van der Waals surface area (Å²) in [6.07, 6.45) is 0.500. The van der Waals surface area contributed by atoms with Crippen LogP contribution in [0.1, 0.15) is 18.4 Å². The lowest BCUT2D eigenvalue weighted by molar-refractivity contribution is -0.147. The van der Waals surface area contributed by atoms with E-state index < -0.39 is 22.0 Å². The Kier molecular flexibility index (Phi) is 4.08. The van der Waals surface area contributed by atoms with Crippen LogP contribution in [0.2, 0.25) is 0 Å².